The Kier molecular flexibility index (Phi) is 5.39. The van der Waals surface area contributed by atoms with Crippen molar-refractivity contribution in [2.45, 2.75) is 25.2 Å². The van der Waals surface area contributed by atoms with E-state index in [1.807, 2.05) is 61.5 Å². The molecule has 25 heavy (non-hydrogen) atoms. The van der Waals surface area contributed by atoms with Gasteiger partial charge < -0.3 is 14.4 Å². The van der Waals surface area contributed by atoms with Crippen molar-refractivity contribution in [2.75, 3.05) is 26.7 Å². The molecule has 4 heteroatoms. The lowest BCUT2D eigenvalue weighted by molar-refractivity contribution is -0.152. The van der Waals surface area contributed by atoms with Crippen molar-refractivity contribution in [1.82, 2.24) is 4.90 Å². The third-order valence-electron chi connectivity index (χ3n) is 4.88. The summed E-state index contributed by atoms with van der Waals surface area (Å²) in [6.45, 7) is 3.96. The minimum atomic E-state index is -0.645. The van der Waals surface area contributed by atoms with Crippen LogP contribution in [0, 0.1) is 0 Å². The predicted molar refractivity (Wildman–Crippen MR) is 98.0 cm³/mol. The van der Waals surface area contributed by atoms with Crippen LogP contribution >= 0.6 is 0 Å². The molecule has 0 aliphatic carbocycles. The first-order valence-electron chi connectivity index (χ1n) is 8.84. The van der Waals surface area contributed by atoms with Gasteiger partial charge in [-0.25, -0.2) is 0 Å². The average molecular weight is 339 g/mol. The van der Waals surface area contributed by atoms with Gasteiger partial charge in [0, 0.05) is 5.56 Å². The normalized spacial score (nSPS) is 17.0. The molecule has 0 atom stereocenters. The van der Waals surface area contributed by atoms with Gasteiger partial charge in [-0.1, -0.05) is 36.4 Å². The average Bonchev–Trinajstić information content (AvgIpc) is 2.64. The van der Waals surface area contributed by atoms with Crippen molar-refractivity contribution in [3.05, 3.63) is 60.2 Å². The number of carbonyl (C=O) groups excluding carboxylic acids is 1. The number of carbonyl (C=O) groups is 1. The molecule has 3 rings (SSSR count). The Balaban J connectivity index is 2.00. The van der Waals surface area contributed by atoms with Gasteiger partial charge in [0.1, 0.15) is 11.5 Å². The highest BCUT2D eigenvalue weighted by Gasteiger charge is 2.45. The SMILES string of the molecule is CCOC(=O)C1(c2ccccc2Oc2ccccc2)CCN(C)CC1. The number of ether oxygens (including phenoxy) is 2. The lowest BCUT2D eigenvalue weighted by Gasteiger charge is -2.39. The number of rotatable bonds is 5. The highest BCUT2D eigenvalue weighted by atomic mass is 16.5. The summed E-state index contributed by atoms with van der Waals surface area (Å²) >= 11 is 0. The molecule has 0 saturated carbocycles. The minimum Gasteiger partial charge on any atom is -0.465 e. The van der Waals surface area contributed by atoms with E-state index in [1.54, 1.807) is 0 Å². The number of hydrogen-bond acceptors (Lipinski definition) is 4. The topological polar surface area (TPSA) is 38.8 Å². The molecule has 1 aliphatic heterocycles. The summed E-state index contributed by atoms with van der Waals surface area (Å²) < 4.78 is 11.6. The molecule has 0 bridgehead atoms. The van der Waals surface area contributed by atoms with E-state index < -0.39 is 5.41 Å². The fourth-order valence-corrected chi connectivity index (χ4v) is 3.42. The van der Waals surface area contributed by atoms with Crippen LogP contribution in [0.2, 0.25) is 0 Å². The van der Waals surface area contributed by atoms with Crippen LogP contribution in [0.5, 0.6) is 11.5 Å². The van der Waals surface area contributed by atoms with Crippen LogP contribution < -0.4 is 4.74 Å². The molecule has 1 aliphatic rings. The maximum Gasteiger partial charge on any atom is 0.316 e. The summed E-state index contributed by atoms with van der Waals surface area (Å²) in [6.07, 6.45) is 1.47. The molecule has 0 aromatic heterocycles. The number of benzene rings is 2. The molecule has 0 spiro atoms. The van der Waals surface area contributed by atoms with Gasteiger partial charge in [0.2, 0.25) is 0 Å². The smallest absolute Gasteiger partial charge is 0.316 e. The summed E-state index contributed by atoms with van der Waals surface area (Å²) in [7, 11) is 2.08. The standard InChI is InChI=1S/C21H25NO3/c1-3-24-20(23)21(13-15-22(2)16-14-21)18-11-7-8-12-19(18)25-17-9-5-4-6-10-17/h4-12H,3,13-16H2,1-2H3. The Hall–Kier alpha value is -2.33. The zero-order valence-corrected chi connectivity index (χ0v) is 14.9. The van der Waals surface area contributed by atoms with Gasteiger partial charge in [0.05, 0.1) is 12.0 Å². The van der Waals surface area contributed by atoms with E-state index >= 15 is 0 Å². The summed E-state index contributed by atoms with van der Waals surface area (Å²) in [6, 6.07) is 17.5. The maximum absolute atomic E-state index is 12.9. The van der Waals surface area contributed by atoms with Crippen molar-refractivity contribution in [2.24, 2.45) is 0 Å². The van der Waals surface area contributed by atoms with Crippen LogP contribution in [0.4, 0.5) is 0 Å². The van der Waals surface area contributed by atoms with Gasteiger partial charge >= 0.3 is 5.97 Å². The second-order valence-electron chi connectivity index (χ2n) is 6.52. The molecule has 0 N–H and O–H groups in total. The van der Waals surface area contributed by atoms with Gasteiger partial charge in [0.15, 0.2) is 0 Å². The monoisotopic (exact) mass is 339 g/mol. The molecule has 0 radical (unpaired) electrons. The van der Waals surface area contributed by atoms with Crippen LogP contribution in [-0.4, -0.2) is 37.6 Å². The van der Waals surface area contributed by atoms with E-state index in [0.29, 0.717) is 6.61 Å². The van der Waals surface area contributed by atoms with Crippen LogP contribution in [0.25, 0.3) is 0 Å². The Morgan fingerprint density at radius 3 is 2.36 bits per heavy atom. The first-order chi connectivity index (χ1) is 12.2. The molecule has 2 aromatic rings. The van der Waals surface area contributed by atoms with Crippen LogP contribution in [0.15, 0.2) is 54.6 Å². The molecular formula is C21H25NO3. The van der Waals surface area contributed by atoms with E-state index in [-0.39, 0.29) is 5.97 Å². The minimum absolute atomic E-state index is 0.146. The molecular weight excluding hydrogens is 314 g/mol. The molecule has 4 nitrogen and oxygen atoms in total. The first kappa shape index (κ1) is 17.5. The molecule has 1 saturated heterocycles. The van der Waals surface area contributed by atoms with E-state index in [2.05, 4.69) is 11.9 Å². The lowest BCUT2D eigenvalue weighted by atomic mass is 9.72. The molecule has 0 amide bonds. The summed E-state index contributed by atoms with van der Waals surface area (Å²) in [5, 5.41) is 0. The van der Waals surface area contributed by atoms with Crippen molar-refractivity contribution in [1.29, 1.82) is 0 Å². The molecule has 1 heterocycles. The maximum atomic E-state index is 12.9. The van der Waals surface area contributed by atoms with Crippen molar-refractivity contribution >= 4 is 5.97 Å². The molecule has 0 unspecified atom stereocenters. The largest absolute Gasteiger partial charge is 0.465 e. The highest BCUT2D eigenvalue weighted by molar-refractivity contribution is 5.84. The van der Waals surface area contributed by atoms with E-state index in [1.165, 1.54) is 0 Å². The van der Waals surface area contributed by atoms with Crippen LogP contribution in [0.3, 0.4) is 0 Å². The summed E-state index contributed by atoms with van der Waals surface area (Å²) in [5.74, 6) is 1.35. The second-order valence-corrected chi connectivity index (χ2v) is 6.52. The van der Waals surface area contributed by atoms with Gasteiger partial charge in [-0.3, -0.25) is 4.79 Å². The summed E-state index contributed by atoms with van der Waals surface area (Å²) in [4.78, 5) is 15.2. The molecule has 132 valence electrons. The molecule has 2 aromatic carbocycles. The Morgan fingerprint density at radius 1 is 1.04 bits per heavy atom. The van der Waals surface area contributed by atoms with E-state index in [0.717, 1.165) is 43.0 Å². The quantitative estimate of drug-likeness (QED) is 0.772. The van der Waals surface area contributed by atoms with Gasteiger partial charge in [-0.05, 0) is 58.1 Å². The van der Waals surface area contributed by atoms with E-state index in [9.17, 15) is 4.79 Å². The fourth-order valence-electron chi connectivity index (χ4n) is 3.42. The fraction of sp³-hybridized carbons (Fsp3) is 0.381. The zero-order valence-electron chi connectivity index (χ0n) is 14.9. The Labute approximate surface area is 149 Å². The third-order valence-corrected chi connectivity index (χ3v) is 4.88. The lowest BCUT2D eigenvalue weighted by Crippen LogP contribution is -2.47. The van der Waals surface area contributed by atoms with Gasteiger partial charge in [-0.15, -0.1) is 0 Å². The van der Waals surface area contributed by atoms with Crippen molar-refractivity contribution in [3.8, 4) is 11.5 Å². The van der Waals surface area contributed by atoms with Crippen molar-refractivity contribution < 1.29 is 14.3 Å². The number of para-hydroxylation sites is 2. The number of esters is 1. The Bertz CT molecular complexity index is 706. The number of piperidine rings is 1. The van der Waals surface area contributed by atoms with Crippen LogP contribution in [-0.2, 0) is 14.9 Å². The molecule has 1 fully saturated rings. The van der Waals surface area contributed by atoms with E-state index in [4.69, 9.17) is 9.47 Å². The van der Waals surface area contributed by atoms with Crippen molar-refractivity contribution in [3.63, 3.8) is 0 Å². The number of hydrogen-bond donors (Lipinski definition) is 0. The summed E-state index contributed by atoms with van der Waals surface area (Å²) in [5.41, 5.74) is 0.277. The first-order valence-corrected chi connectivity index (χ1v) is 8.84. The Morgan fingerprint density at radius 2 is 1.68 bits per heavy atom. The highest BCUT2D eigenvalue weighted by Crippen LogP contribution is 2.42. The zero-order chi connectivity index (χ0) is 17.7. The van der Waals surface area contributed by atoms with Gasteiger partial charge in [0.25, 0.3) is 0 Å². The third kappa shape index (κ3) is 3.69. The number of nitrogens with zero attached hydrogens (tertiary/aromatic N) is 1. The number of likely N-dealkylation sites (tertiary alicyclic amines) is 1. The predicted octanol–water partition coefficient (Wildman–Crippen LogP) is 4.01. The van der Waals surface area contributed by atoms with Crippen LogP contribution in [0.1, 0.15) is 25.3 Å². The van der Waals surface area contributed by atoms with Gasteiger partial charge in [-0.2, -0.15) is 0 Å². The second kappa shape index (κ2) is 7.70.